The first-order valence-corrected chi connectivity index (χ1v) is 9.56. The van der Waals surface area contributed by atoms with Crippen LogP contribution in [0.3, 0.4) is 0 Å². The third-order valence-electron chi connectivity index (χ3n) is 3.69. The van der Waals surface area contributed by atoms with Gasteiger partial charge < -0.3 is 5.73 Å². The second kappa shape index (κ2) is 6.77. The lowest BCUT2D eigenvalue weighted by molar-refractivity contribution is 0.341. The summed E-state index contributed by atoms with van der Waals surface area (Å²) in [6, 6.07) is 3.27. The van der Waals surface area contributed by atoms with Gasteiger partial charge in [0, 0.05) is 14.5 Å². The van der Waals surface area contributed by atoms with Gasteiger partial charge in [0.2, 0.25) is 10.0 Å². The van der Waals surface area contributed by atoms with Gasteiger partial charge in [-0.3, -0.25) is 0 Å². The van der Waals surface area contributed by atoms with E-state index in [-0.39, 0.29) is 10.6 Å². The smallest absolute Gasteiger partial charge is 0.244 e. The van der Waals surface area contributed by atoms with E-state index in [0.717, 1.165) is 23.7 Å². The van der Waals surface area contributed by atoms with Crippen LogP contribution in [0, 0.1) is 0 Å². The molecular weight excluding hydrogens is 408 g/mol. The first-order chi connectivity index (χ1) is 9.21. The fourth-order valence-electron chi connectivity index (χ4n) is 2.17. The molecule has 0 saturated carbocycles. The summed E-state index contributed by atoms with van der Waals surface area (Å²) in [5.74, 6) is 0. The molecule has 4 nitrogen and oxygen atoms in total. The van der Waals surface area contributed by atoms with Gasteiger partial charge in [-0.25, -0.2) is 13.1 Å². The Morgan fingerprint density at radius 1 is 1.15 bits per heavy atom. The first-order valence-electron chi connectivity index (χ1n) is 6.49. The second-order valence-electron chi connectivity index (χ2n) is 4.75. The van der Waals surface area contributed by atoms with Crippen LogP contribution in [0.4, 0.5) is 5.69 Å². The van der Waals surface area contributed by atoms with E-state index >= 15 is 0 Å². The Balaban J connectivity index is 3.32. The third kappa shape index (κ3) is 3.75. The number of nitrogens with two attached hydrogens (primary N) is 1. The molecule has 0 aliphatic heterocycles. The van der Waals surface area contributed by atoms with E-state index < -0.39 is 15.6 Å². The highest BCUT2D eigenvalue weighted by Gasteiger charge is 2.32. The summed E-state index contributed by atoms with van der Waals surface area (Å²) < 4.78 is 29.3. The topological polar surface area (TPSA) is 72.2 Å². The molecule has 0 aliphatic carbocycles. The summed E-state index contributed by atoms with van der Waals surface area (Å²) in [4.78, 5) is 0.0976. The average molecular weight is 428 g/mol. The van der Waals surface area contributed by atoms with Gasteiger partial charge in [-0.15, -0.1) is 0 Å². The lowest BCUT2D eigenvalue weighted by Crippen LogP contribution is -2.47. The molecule has 0 bridgehead atoms. The van der Waals surface area contributed by atoms with Gasteiger partial charge in [-0.05, 0) is 47.3 Å². The van der Waals surface area contributed by atoms with Gasteiger partial charge in [0.25, 0.3) is 0 Å². The number of nitrogens with one attached hydrogen (secondary N) is 1. The molecule has 114 valence electrons. The molecule has 1 rings (SSSR count). The molecule has 1 aromatic carbocycles. The monoisotopic (exact) mass is 426 g/mol. The van der Waals surface area contributed by atoms with Gasteiger partial charge in [-0.2, -0.15) is 0 Å². The predicted octanol–water partition coefficient (Wildman–Crippen LogP) is 4.04. The van der Waals surface area contributed by atoms with Crippen molar-refractivity contribution >= 4 is 47.6 Å². The fourth-order valence-corrected chi connectivity index (χ4v) is 5.85. The Labute approximate surface area is 137 Å². The second-order valence-corrected chi connectivity index (χ2v) is 8.14. The van der Waals surface area contributed by atoms with Crippen molar-refractivity contribution in [2.45, 2.75) is 50.5 Å². The molecule has 7 heteroatoms. The molecular formula is C13H20Br2N2O2S. The molecule has 0 radical (unpaired) electrons. The Hall–Kier alpha value is -0.110. The highest BCUT2D eigenvalue weighted by atomic mass is 79.9. The van der Waals surface area contributed by atoms with Gasteiger partial charge in [0.15, 0.2) is 0 Å². The van der Waals surface area contributed by atoms with Crippen LogP contribution in [-0.2, 0) is 10.0 Å². The minimum atomic E-state index is -3.68. The van der Waals surface area contributed by atoms with Crippen LogP contribution in [0.5, 0.6) is 0 Å². The molecule has 0 spiro atoms. The fraction of sp³-hybridized carbons (Fsp3) is 0.538. The zero-order valence-electron chi connectivity index (χ0n) is 11.8. The zero-order valence-corrected chi connectivity index (χ0v) is 15.8. The first kappa shape index (κ1) is 17.9. The van der Waals surface area contributed by atoms with Crippen LogP contribution in [0.25, 0.3) is 0 Å². The maximum absolute atomic E-state index is 12.6. The molecule has 0 atom stereocenters. The molecule has 0 saturated heterocycles. The molecule has 3 N–H and O–H groups in total. The lowest BCUT2D eigenvalue weighted by atomic mass is 9.91. The maximum atomic E-state index is 12.6. The van der Waals surface area contributed by atoms with E-state index in [1.165, 1.54) is 0 Å². The Kier molecular flexibility index (Phi) is 6.07. The van der Waals surface area contributed by atoms with Crippen molar-refractivity contribution in [2.75, 3.05) is 5.73 Å². The highest BCUT2D eigenvalue weighted by Crippen LogP contribution is 2.33. The quantitative estimate of drug-likeness (QED) is 0.672. The number of sulfonamides is 1. The molecule has 0 heterocycles. The molecule has 0 aromatic heterocycles. The van der Waals surface area contributed by atoms with Gasteiger partial charge in [0.05, 0.1) is 5.69 Å². The molecule has 20 heavy (non-hydrogen) atoms. The predicted molar refractivity (Wildman–Crippen MR) is 90.2 cm³/mol. The molecule has 0 unspecified atom stereocenters. The van der Waals surface area contributed by atoms with Gasteiger partial charge in [-0.1, -0.05) is 36.7 Å². The Morgan fingerprint density at radius 2 is 1.65 bits per heavy atom. The normalized spacial score (nSPS) is 12.7. The van der Waals surface area contributed by atoms with Crippen molar-refractivity contribution in [3.8, 4) is 0 Å². The number of halogens is 2. The Morgan fingerprint density at radius 3 is 2.05 bits per heavy atom. The van der Waals surface area contributed by atoms with Crippen molar-refractivity contribution in [1.82, 2.24) is 4.72 Å². The third-order valence-corrected chi connectivity index (χ3v) is 6.73. The van der Waals surface area contributed by atoms with Crippen LogP contribution >= 0.6 is 31.9 Å². The van der Waals surface area contributed by atoms with Crippen LogP contribution in [0.2, 0.25) is 0 Å². The van der Waals surface area contributed by atoms with E-state index in [1.807, 2.05) is 20.8 Å². The number of anilines is 1. The van der Waals surface area contributed by atoms with E-state index in [1.54, 1.807) is 12.1 Å². The summed E-state index contributed by atoms with van der Waals surface area (Å²) >= 11 is 6.57. The number of rotatable bonds is 6. The van der Waals surface area contributed by atoms with Crippen LogP contribution in [0.1, 0.15) is 40.0 Å². The summed E-state index contributed by atoms with van der Waals surface area (Å²) in [5, 5.41) is 0. The summed E-state index contributed by atoms with van der Waals surface area (Å²) in [6.07, 6.45) is 2.19. The van der Waals surface area contributed by atoms with E-state index in [4.69, 9.17) is 5.73 Å². The van der Waals surface area contributed by atoms with E-state index in [9.17, 15) is 8.42 Å². The molecule has 0 aliphatic rings. The number of hydrogen-bond donors (Lipinski definition) is 2. The molecule has 0 amide bonds. The lowest BCUT2D eigenvalue weighted by Gasteiger charge is -2.31. The minimum absolute atomic E-state index is 0.0976. The van der Waals surface area contributed by atoms with Crippen molar-refractivity contribution in [1.29, 1.82) is 0 Å². The average Bonchev–Trinajstić information content (AvgIpc) is 2.34. The SMILES string of the molecule is CCC(CC)(CC)NS(=O)(=O)c1c(N)cc(Br)cc1Br. The molecule has 1 aromatic rings. The van der Waals surface area contributed by atoms with E-state index in [0.29, 0.717) is 4.47 Å². The summed E-state index contributed by atoms with van der Waals surface area (Å²) in [5.41, 5.74) is 5.66. The van der Waals surface area contributed by atoms with Crippen molar-refractivity contribution < 1.29 is 8.42 Å². The Bertz CT molecular complexity index is 553. The van der Waals surface area contributed by atoms with Crippen LogP contribution in [0.15, 0.2) is 26.0 Å². The van der Waals surface area contributed by atoms with Crippen molar-refractivity contribution in [2.24, 2.45) is 0 Å². The summed E-state index contributed by atoms with van der Waals surface area (Å²) in [6.45, 7) is 5.94. The largest absolute Gasteiger partial charge is 0.398 e. The minimum Gasteiger partial charge on any atom is -0.398 e. The van der Waals surface area contributed by atoms with Crippen molar-refractivity contribution in [3.05, 3.63) is 21.1 Å². The molecule has 0 fully saturated rings. The van der Waals surface area contributed by atoms with Crippen LogP contribution < -0.4 is 10.5 Å². The maximum Gasteiger partial charge on any atom is 0.244 e. The number of benzene rings is 1. The highest BCUT2D eigenvalue weighted by molar-refractivity contribution is 9.11. The van der Waals surface area contributed by atoms with Gasteiger partial charge >= 0.3 is 0 Å². The van der Waals surface area contributed by atoms with Gasteiger partial charge in [0.1, 0.15) is 4.90 Å². The zero-order chi connectivity index (χ0) is 15.6. The standard InChI is InChI=1S/C13H20Br2N2O2S/c1-4-13(5-2,6-3)17-20(18,19)12-10(15)7-9(14)8-11(12)16/h7-8,17H,4-6,16H2,1-3H3. The van der Waals surface area contributed by atoms with Crippen molar-refractivity contribution in [3.63, 3.8) is 0 Å². The number of nitrogen functional groups attached to an aromatic ring is 1. The number of hydrogen-bond acceptors (Lipinski definition) is 3. The summed E-state index contributed by atoms with van der Waals surface area (Å²) in [7, 11) is -3.68. The van der Waals surface area contributed by atoms with Crippen LogP contribution in [-0.4, -0.2) is 14.0 Å². The van der Waals surface area contributed by atoms with E-state index in [2.05, 4.69) is 36.6 Å².